The molecule has 136 valence electrons. The van der Waals surface area contributed by atoms with Crippen LogP contribution in [0, 0.1) is 0 Å². The Morgan fingerprint density at radius 2 is 1.30 bits per heavy atom. The molecule has 4 rings (SSSR count). The summed E-state index contributed by atoms with van der Waals surface area (Å²) in [5.74, 6) is -0.916. The molecule has 0 saturated carbocycles. The maximum absolute atomic E-state index is 10.6. The first-order valence-electron chi connectivity index (χ1n) is 8.38. The van der Waals surface area contributed by atoms with Crippen LogP contribution in [-0.4, -0.2) is 40.0 Å². The molecular formula is C20H18N4O3. The van der Waals surface area contributed by atoms with Gasteiger partial charge in [0.1, 0.15) is 0 Å². The van der Waals surface area contributed by atoms with Crippen molar-refractivity contribution in [3.8, 4) is 0 Å². The Kier molecular flexibility index (Phi) is 5.96. The van der Waals surface area contributed by atoms with Crippen molar-refractivity contribution >= 4 is 29.8 Å². The predicted octanol–water partition coefficient (Wildman–Crippen LogP) is 2.92. The third-order valence-electron chi connectivity index (χ3n) is 4.02. The molecule has 2 aromatic rings. The number of hydrogen-bond donors (Lipinski definition) is 2. The number of aliphatic hydroxyl groups is 1. The van der Waals surface area contributed by atoms with Gasteiger partial charge in [-0.3, -0.25) is 0 Å². The number of carboxylic acid groups (broad SMARTS) is 1. The van der Waals surface area contributed by atoms with Gasteiger partial charge in [0.25, 0.3) is 0 Å². The third kappa shape index (κ3) is 4.80. The molecule has 0 aromatic heterocycles. The number of carboxylic acids is 1. The number of benzene rings is 2. The zero-order valence-electron chi connectivity index (χ0n) is 14.5. The fraction of sp³-hybridized carbons (Fsp3) is 0.150. The minimum absolute atomic E-state index is 0.0866. The van der Waals surface area contributed by atoms with Crippen LogP contribution in [0.1, 0.15) is 39.9 Å². The molecular weight excluding hydrogens is 344 g/mol. The average Bonchev–Trinajstić information content (AvgIpc) is 3.43. The number of aromatic carboxylic acids is 1. The number of nitrogens with zero attached hydrogens (tertiary/aromatic N) is 4. The Bertz CT molecular complexity index is 927. The lowest BCUT2D eigenvalue weighted by Crippen LogP contribution is -2.00. The van der Waals surface area contributed by atoms with Crippen LogP contribution >= 0.6 is 0 Å². The van der Waals surface area contributed by atoms with E-state index >= 15 is 0 Å². The van der Waals surface area contributed by atoms with E-state index in [4.69, 9.17) is 10.2 Å². The van der Waals surface area contributed by atoms with Crippen LogP contribution in [-0.2, 0) is 6.61 Å². The molecule has 0 spiro atoms. The summed E-state index contributed by atoms with van der Waals surface area (Å²) < 4.78 is 0. The highest BCUT2D eigenvalue weighted by Crippen LogP contribution is 2.11. The first-order chi connectivity index (χ1) is 13.2. The largest absolute Gasteiger partial charge is 0.478 e. The van der Waals surface area contributed by atoms with Gasteiger partial charge in [0, 0.05) is 25.3 Å². The van der Waals surface area contributed by atoms with E-state index in [0.717, 1.165) is 34.5 Å². The molecule has 2 aliphatic heterocycles. The molecule has 0 aliphatic carbocycles. The molecule has 2 heterocycles. The zero-order valence-corrected chi connectivity index (χ0v) is 14.5. The van der Waals surface area contributed by atoms with E-state index in [-0.39, 0.29) is 12.2 Å². The highest BCUT2D eigenvalue weighted by molar-refractivity contribution is 6.10. The van der Waals surface area contributed by atoms with Gasteiger partial charge in [-0.1, -0.05) is 36.4 Å². The predicted molar refractivity (Wildman–Crippen MR) is 105 cm³/mol. The van der Waals surface area contributed by atoms with Crippen molar-refractivity contribution in [3.63, 3.8) is 0 Å². The van der Waals surface area contributed by atoms with Gasteiger partial charge in [-0.2, -0.15) is 20.4 Å². The smallest absolute Gasteiger partial charge is 0.335 e. The second-order valence-corrected chi connectivity index (χ2v) is 5.84. The van der Waals surface area contributed by atoms with Crippen LogP contribution in [0.4, 0.5) is 0 Å². The van der Waals surface area contributed by atoms with E-state index in [2.05, 4.69) is 20.4 Å². The van der Waals surface area contributed by atoms with Crippen LogP contribution in [0.5, 0.6) is 0 Å². The summed E-state index contributed by atoms with van der Waals surface area (Å²) in [5, 5.41) is 33.0. The van der Waals surface area contributed by atoms with Crippen molar-refractivity contribution in [2.24, 2.45) is 20.4 Å². The van der Waals surface area contributed by atoms with Gasteiger partial charge in [0.2, 0.25) is 0 Å². The van der Waals surface area contributed by atoms with Gasteiger partial charge in [0.15, 0.2) is 0 Å². The maximum atomic E-state index is 10.6. The fourth-order valence-electron chi connectivity index (χ4n) is 2.52. The molecule has 7 heteroatoms. The molecule has 0 saturated heterocycles. The number of hydrogen-bond acceptors (Lipinski definition) is 6. The Hall–Kier alpha value is -3.45. The second kappa shape index (κ2) is 8.77. The third-order valence-corrected chi connectivity index (χ3v) is 4.02. The monoisotopic (exact) mass is 362 g/mol. The van der Waals surface area contributed by atoms with E-state index in [9.17, 15) is 4.79 Å². The zero-order chi connectivity index (χ0) is 19.1. The first-order valence-corrected chi connectivity index (χ1v) is 8.38. The number of rotatable bonds is 4. The molecule has 0 radical (unpaired) electrons. The molecule has 0 bridgehead atoms. The Labute approximate surface area is 156 Å². The van der Waals surface area contributed by atoms with Crippen molar-refractivity contribution in [3.05, 3.63) is 70.8 Å². The normalized spacial score (nSPS) is 14.4. The van der Waals surface area contributed by atoms with E-state index in [1.165, 1.54) is 0 Å². The van der Waals surface area contributed by atoms with Crippen LogP contribution < -0.4 is 0 Å². The van der Waals surface area contributed by atoms with Gasteiger partial charge in [-0.05, 0) is 28.8 Å². The average molecular weight is 362 g/mol. The van der Waals surface area contributed by atoms with Crippen LogP contribution in [0.2, 0.25) is 0 Å². The van der Waals surface area contributed by atoms with E-state index in [0.29, 0.717) is 6.42 Å². The van der Waals surface area contributed by atoms with Crippen molar-refractivity contribution in [2.75, 3.05) is 0 Å². The minimum atomic E-state index is -0.916. The van der Waals surface area contributed by atoms with Crippen molar-refractivity contribution in [1.29, 1.82) is 0 Å². The number of aliphatic hydroxyl groups excluding tert-OH is 1. The van der Waals surface area contributed by atoms with E-state index < -0.39 is 5.97 Å². The topological polar surface area (TPSA) is 107 Å². The molecule has 0 amide bonds. The van der Waals surface area contributed by atoms with E-state index in [1.807, 2.05) is 24.3 Å². The summed E-state index contributed by atoms with van der Waals surface area (Å²) in [6.07, 6.45) is 5.03. The second-order valence-electron chi connectivity index (χ2n) is 5.84. The lowest BCUT2D eigenvalue weighted by molar-refractivity contribution is 0.0697. The molecule has 0 atom stereocenters. The fourth-order valence-corrected chi connectivity index (χ4v) is 2.52. The Balaban J connectivity index is 0.000000156. The van der Waals surface area contributed by atoms with E-state index in [1.54, 1.807) is 36.7 Å². The minimum Gasteiger partial charge on any atom is -0.478 e. The Morgan fingerprint density at radius 1 is 0.815 bits per heavy atom. The molecule has 7 nitrogen and oxygen atoms in total. The van der Waals surface area contributed by atoms with Gasteiger partial charge in [-0.15, -0.1) is 0 Å². The van der Waals surface area contributed by atoms with Crippen molar-refractivity contribution in [2.45, 2.75) is 19.4 Å². The summed E-state index contributed by atoms with van der Waals surface area (Å²) in [7, 11) is 0. The van der Waals surface area contributed by atoms with Crippen LogP contribution in [0.25, 0.3) is 0 Å². The van der Waals surface area contributed by atoms with Gasteiger partial charge in [0.05, 0.1) is 23.6 Å². The quantitative estimate of drug-likeness (QED) is 0.873. The molecule has 2 aliphatic rings. The maximum Gasteiger partial charge on any atom is 0.335 e. The standard InChI is InChI=1S/C10H8N2O2.C10H10N2O/c13-10(14)8-3-1-7(2-4-8)9-5-6-11-12-9;13-7-8-1-3-9(4-2-8)10-5-6-11-12-10/h1-4,6H,5H2,(H,13,14);1-4,6,13H,5,7H2. The molecule has 0 unspecified atom stereocenters. The van der Waals surface area contributed by atoms with Crippen LogP contribution in [0.15, 0.2) is 68.9 Å². The highest BCUT2D eigenvalue weighted by Gasteiger charge is 2.08. The Morgan fingerprint density at radius 3 is 1.67 bits per heavy atom. The lowest BCUT2D eigenvalue weighted by Gasteiger charge is -2.00. The van der Waals surface area contributed by atoms with Crippen molar-refractivity contribution in [1.82, 2.24) is 0 Å². The molecule has 27 heavy (non-hydrogen) atoms. The molecule has 2 aromatic carbocycles. The summed E-state index contributed by atoms with van der Waals surface area (Å²) in [6, 6.07) is 14.3. The summed E-state index contributed by atoms with van der Waals surface area (Å²) in [4.78, 5) is 10.6. The summed E-state index contributed by atoms with van der Waals surface area (Å²) in [6.45, 7) is 0.0866. The van der Waals surface area contributed by atoms with Crippen molar-refractivity contribution < 1.29 is 15.0 Å². The SMILES string of the molecule is O=C(O)c1ccc(C2=NN=CC2)cc1.OCc1ccc(C2=NN=CC2)cc1. The van der Waals surface area contributed by atoms with Crippen LogP contribution in [0.3, 0.4) is 0 Å². The molecule has 0 fully saturated rings. The highest BCUT2D eigenvalue weighted by atomic mass is 16.4. The van der Waals surface area contributed by atoms with Gasteiger partial charge in [-0.25, -0.2) is 4.79 Å². The van der Waals surface area contributed by atoms with Gasteiger partial charge < -0.3 is 10.2 Å². The molecule has 2 N–H and O–H groups in total. The summed E-state index contributed by atoms with van der Waals surface area (Å²) >= 11 is 0. The number of carbonyl (C=O) groups is 1. The first kappa shape index (κ1) is 18.3. The lowest BCUT2D eigenvalue weighted by atomic mass is 10.1. The van der Waals surface area contributed by atoms with Gasteiger partial charge >= 0.3 is 5.97 Å². The summed E-state index contributed by atoms with van der Waals surface area (Å²) in [5.41, 5.74) is 5.07.